The fraction of sp³-hybridized carbons (Fsp3) is 0.667. The summed E-state index contributed by atoms with van der Waals surface area (Å²) in [6, 6.07) is 3.86. The van der Waals surface area contributed by atoms with Gasteiger partial charge in [-0.2, -0.15) is 0 Å². The molecule has 1 saturated heterocycles. The third-order valence-electron chi connectivity index (χ3n) is 4.87. The van der Waals surface area contributed by atoms with Gasteiger partial charge in [-0.1, -0.05) is 11.6 Å². The highest BCUT2D eigenvalue weighted by Gasteiger charge is 2.24. The summed E-state index contributed by atoms with van der Waals surface area (Å²) < 4.78 is 11.9. The Hall–Kier alpha value is -0.930. The van der Waals surface area contributed by atoms with Gasteiger partial charge in [0.2, 0.25) is 0 Å². The molecule has 4 heteroatoms. The number of hydrogen-bond acceptors (Lipinski definition) is 3. The molecule has 0 radical (unpaired) electrons. The first-order valence-corrected chi connectivity index (χ1v) is 8.88. The van der Waals surface area contributed by atoms with Crippen molar-refractivity contribution >= 4 is 11.6 Å². The summed E-state index contributed by atoms with van der Waals surface area (Å²) in [5.41, 5.74) is 1.13. The van der Waals surface area contributed by atoms with Gasteiger partial charge in [0.25, 0.3) is 0 Å². The Morgan fingerprint density at radius 2 is 2.00 bits per heavy atom. The normalized spacial score (nSPS) is 22.7. The van der Waals surface area contributed by atoms with Crippen LogP contribution >= 0.6 is 11.6 Å². The highest BCUT2D eigenvalue weighted by Crippen LogP contribution is 2.40. The standard InChI is InChI=1S/C18H26ClNO2/c1-21-17-9-8-16(19)15(11-13-5-4-10-20-12-13)18(17)22-14-6-2-3-7-14/h8-9,13-14,20H,2-7,10-12H2,1H3. The first kappa shape index (κ1) is 15.9. The van der Waals surface area contributed by atoms with Crippen molar-refractivity contribution in [2.45, 2.75) is 51.0 Å². The van der Waals surface area contributed by atoms with Gasteiger partial charge in [-0.3, -0.25) is 0 Å². The molecule has 0 bridgehead atoms. The number of benzene rings is 1. The van der Waals surface area contributed by atoms with Gasteiger partial charge in [0.05, 0.1) is 13.2 Å². The van der Waals surface area contributed by atoms with Crippen LogP contribution in [-0.4, -0.2) is 26.3 Å². The zero-order chi connectivity index (χ0) is 15.4. The van der Waals surface area contributed by atoms with Crippen molar-refractivity contribution in [3.63, 3.8) is 0 Å². The average Bonchev–Trinajstić information content (AvgIpc) is 3.05. The fourth-order valence-electron chi connectivity index (χ4n) is 3.62. The molecule has 122 valence electrons. The van der Waals surface area contributed by atoms with Crippen molar-refractivity contribution in [1.29, 1.82) is 0 Å². The van der Waals surface area contributed by atoms with Crippen molar-refractivity contribution in [1.82, 2.24) is 5.32 Å². The third-order valence-corrected chi connectivity index (χ3v) is 5.22. The lowest BCUT2D eigenvalue weighted by atomic mass is 9.91. The van der Waals surface area contributed by atoms with Crippen LogP contribution in [0.15, 0.2) is 12.1 Å². The van der Waals surface area contributed by atoms with Crippen LogP contribution in [0, 0.1) is 5.92 Å². The SMILES string of the molecule is COc1ccc(Cl)c(CC2CCCNC2)c1OC1CCCC1. The lowest BCUT2D eigenvalue weighted by molar-refractivity contribution is 0.197. The predicted molar refractivity (Wildman–Crippen MR) is 90.2 cm³/mol. The Labute approximate surface area is 138 Å². The molecule has 1 heterocycles. The van der Waals surface area contributed by atoms with Gasteiger partial charge in [0.1, 0.15) is 0 Å². The molecule has 0 aromatic heterocycles. The Morgan fingerprint density at radius 3 is 2.68 bits per heavy atom. The fourth-order valence-corrected chi connectivity index (χ4v) is 3.85. The van der Waals surface area contributed by atoms with Crippen LogP contribution in [0.2, 0.25) is 5.02 Å². The van der Waals surface area contributed by atoms with E-state index < -0.39 is 0 Å². The van der Waals surface area contributed by atoms with Crippen LogP contribution in [0.25, 0.3) is 0 Å². The topological polar surface area (TPSA) is 30.5 Å². The van der Waals surface area contributed by atoms with E-state index in [2.05, 4.69) is 5.32 Å². The quantitative estimate of drug-likeness (QED) is 0.880. The zero-order valence-electron chi connectivity index (χ0n) is 13.4. The van der Waals surface area contributed by atoms with Crippen LogP contribution < -0.4 is 14.8 Å². The van der Waals surface area contributed by atoms with Gasteiger partial charge >= 0.3 is 0 Å². The number of halogens is 1. The Bertz CT molecular complexity index is 494. The molecule has 3 rings (SSSR count). The van der Waals surface area contributed by atoms with Crippen LogP contribution in [0.3, 0.4) is 0 Å². The summed E-state index contributed by atoms with van der Waals surface area (Å²) in [4.78, 5) is 0. The first-order valence-electron chi connectivity index (χ1n) is 8.50. The first-order chi connectivity index (χ1) is 10.8. The highest BCUT2D eigenvalue weighted by atomic mass is 35.5. The molecule has 1 saturated carbocycles. The maximum absolute atomic E-state index is 6.51. The minimum Gasteiger partial charge on any atom is -0.493 e. The lowest BCUT2D eigenvalue weighted by Gasteiger charge is -2.26. The number of piperidine rings is 1. The summed E-state index contributed by atoms with van der Waals surface area (Å²) in [5, 5.41) is 4.29. The van der Waals surface area contributed by atoms with Gasteiger partial charge in [-0.05, 0) is 76.1 Å². The number of methoxy groups -OCH3 is 1. The van der Waals surface area contributed by atoms with Crippen molar-refractivity contribution in [3.8, 4) is 11.5 Å². The second-order valence-corrected chi connectivity index (χ2v) is 6.91. The molecule has 1 aliphatic carbocycles. The predicted octanol–water partition coefficient (Wildman–Crippen LogP) is 4.21. The number of hydrogen-bond donors (Lipinski definition) is 1. The van der Waals surface area contributed by atoms with Crippen molar-refractivity contribution in [3.05, 3.63) is 22.7 Å². The summed E-state index contributed by atoms with van der Waals surface area (Å²) >= 11 is 6.51. The Balaban J connectivity index is 1.84. The zero-order valence-corrected chi connectivity index (χ0v) is 14.1. The molecule has 1 N–H and O–H groups in total. The van der Waals surface area contributed by atoms with Gasteiger partial charge in [-0.15, -0.1) is 0 Å². The average molecular weight is 324 g/mol. The Kier molecular flexibility index (Phi) is 5.48. The highest BCUT2D eigenvalue weighted by molar-refractivity contribution is 6.31. The number of rotatable bonds is 5. The molecular formula is C18H26ClNO2. The molecule has 3 nitrogen and oxygen atoms in total. The molecule has 1 aromatic carbocycles. The van der Waals surface area contributed by atoms with E-state index in [0.717, 1.165) is 54.4 Å². The van der Waals surface area contributed by atoms with E-state index in [1.165, 1.54) is 25.7 Å². The van der Waals surface area contributed by atoms with Crippen molar-refractivity contribution in [2.24, 2.45) is 5.92 Å². The van der Waals surface area contributed by atoms with Crippen LogP contribution in [0.4, 0.5) is 0 Å². The summed E-state index contributed by atoms with van der Waals surface area (Å²) in [6.45, 7) is 2.20. The third kappa shape index (κ3) is 3.69. The molecule has 2 fully saturated rings. The largest absolute Gasteiger partial charge is 0.493 e. The van der Waals surface area contributed by atoms with Crippen molar-refractivity contribution < 1.29 is 9.47 Å². The van der Waals surface area contributed by atoms with Gasteiger partial charge < -0.3 is 14.8 Å². The smallest absolute Gasteiger partial charge is 0.166 e. The van der Waals surface area contributed by atoms with E-state index in [4.69, 9.17) is 21.1 Å². The van der Waals surface area contributed by atoms with Gasteiger partial charge in [0, 0.05) is 10.6 Å². The molecule has 0 spiro atoms. The van der Waals surface area contributed by atoms with E-state index in [1.54, 1.807) is 7.11 Å². The molecule has 22 heavy (non-hydrogen) atoms. The molecule has 0 amide bonds. The number of nitrogens with one attached hydrogen (secondary N) is 1. The summed E-state index contributed by atoms with van der Waals surface area (Å²) in [6.07, 6.45) is 8.57. The van der Waals surface area contributed by atoms with E-state index in [9.17, 15) is 0 Å². The molecule has 1 unspecified atom stereocenters. The van der Waals surface area contributed by atoms with Crippen LogP contribution in [0.5, 0.6) is 11.5 Å². The van der Waals surface area contributed by atoms with E-state index in [0.29, 0.717) is 12.0 Å². The Morgan fingerprint density at radius 1 is 1.18 bits per heavy atom. The summed E-state index contributed by atoms with van der Waals surface area (Å²) in [5.74, 6) is 2.33. The van der Waals surface area contributed by atoms with Crippen molar-refractivity contribution in [2.75, 3.05) is 20.2 Å². The maximum Gasteiger partial charge on any atom is 0.166 e. The minimum absolute atomic E-state index is 0.315. The molecule has 1 aromatic rings. The van der Waals surface area contributed by atoms with E-state index >= 15 is 0 Å². The molecule has 2 aliphatic rings. The van der Waals surface area contributed by atoms with E-state index in [1.807, 2.05) is 12.1 Å². The molecular weight excluding hydrogens is 298 g/mol. The van der Waals surface area contributed by atoms with Gasteiger partial charge in [0.15, 0.2) is 11.5 Å². The summed E-state index contributed by atoms with van der Waals surface area (Å²) in [7, 11) is 1.71. The lowest BCUT2D eigenvalue weighted by Crippen LogP contribution is -2.31. The molecule has 1 atom stereocenters. The van der Waals surface area contributed by atoms with Gasteiger partial charge in [-0.25, -0.2) is 0 Å². The second kappa shape index (κ2) is 7.56. The number of ether oxygens (including phenoxy) is 2. The van der Waals surface area contributed by atoms with Crippen LogP contribution in [0.1, 0.15) is 44.1 Å². The van der Waals surface area contributed by atoms with E-state index in [-0.39, 0.29) is 0 Å². The maximum atomic E-state index is 6.51. The monoisotopic (exact) mass is 323 g/mol. The van der Waals surface area contributed by atoms with Crippen LogP contribution in [-0.2, 0) is 6.42 Å². The molecule has 1 aliphatic heterocycles. The second-order valence-electron chi connectivity index (χ2n) is 6.50. The minimum atomic E-state index is 0.315.